The number of nitrogens with one attached hydrogen (secondary N) is 2. The van der Waals surface area contributed by atoms with Gasteiger partial charge in [0.25, 0.3) is 0 Å². The van der Waals surface area contributed by atoms with Gasteiger partial charge in [0.05, 0.1) is 6.54 Å². The SMILES string of the molecule is CC(CC(=O)NCC(=O)Nc1ccc2c(c1)CCC2)CC(C)(C)C. The highest BCUT2D eigenvalue weighted by Crippen LogP contribution is 2.26. The zero-order chi connectivity index (χ0) is 17.7. The molecular formula is C20H30N2O2. The molecule has 1 aliphatic carbocycles. The molecule has 132 valence electrons. The lowest BCUT2D eigenvalue weighted by Crippen LogP contribution is -2.33. The molecule has 2 N–H and O–H groups in total. The summed E-state index contributed by atoms with van der Waals surface area (Å²) in [6.07, 6.45) is 4.86. The fourth-order valence-electron chi connectivity index (χ4n) is 3.54. The summed E-state index contributed by atoms with van der Waals surface area (Å²) in [6.45, 7) is 8.62. The maximum absolute atomic E-state index is 12.0. The zero-order valence-electron chi connectivity index (χ0n) is 15.4. The van der Waals surface area contributed by atoms with Gasteiger partial charge in [-0.15, -0.1) is 0 Å². The van der Waals surface area contributed by atoms with E-state index in [1.54, 1.807) is 0 Å². The van der Waals surface area contributed by atoms with Gasteiger partial charge < -0.3 is 10.6 Å². The van der Waals surface area contributed by atoms with E-state index in [9.17, 15) is 9.59 Å². The molecule has 0 fully saturated rings. The maximum Gasteiger partial charge on any atom is 0.243 e. The van der Waals surface area contributed by atoms with Crippen molar-refractivity contribution in [3.8, 4) is 0 Å². The largest absolute Gasteiger partial charge is 0.347 e. The van der Waals surface area contributed by atoms with E-state index >= 15 is 0 Å². The first kappa shape index (κ1) is 18.5. The van der Waals surface area contributed by atoms with Crippen molar-refractivity contribution in [3.05, 3.63) is 29.3 Å². The van der Waals surface area contributed by atoms with E-state index in [0.29, 0.717) is 12.3 Å². The molecule has 0 aromatic heterocycles. The summed E-state index contributed by atoms with van der Waals surface area (Å²) in [5.41, 5.74) is 3.74. The monoisotopic (exact) mass is 330 g/mol. The molecule has 4 heteroatoms. The highest BCUT2D eigenvalue weighted by Gasteiger charge is 2.18. The van der Waals surface area contributed by atoms with E-state index < -0.39 is 0 Å². The van der Waals surface area contributed by atoms with Crippen LogP contribution in [0.15, 0.2) is 18.2 Å². The predicted octanol–water partition coefficient (Wildman–Crippen LogP) is 3.69. The molecule has 0 radical (unpaired) electrons. The standard InChI is InChI=1S/C20H30N2O2/c1-14(12-20(2,3)4)10-18(23)21-13-19(24)22-17-9-8-15-6-5-7-16(15)11-17/h8-9,11,14H,5-7,10,12-13H2,1-4H3,(H,21,23)(H,22,24). The first-order valence-electron chi connectivity index (χ1n) is 8.91. The van der Waals surface area contributed by atoms with Gasteiger partial charge >= 0.3 is 0 Å². The van der Waals surface area contributed by atoms with E-state index in [2.05, 4.69) is 44.4 Å². The Hall–Kier alpha value is -1.84. The van der Waals surface area contributed by atoms with E-state index in [4.69, 9.17) is 0 Å². The van der Waals surface area contributed by atoms with Crippen LogP contribution in [-0.2, 0) is 22.4 Å². The average Bonchev–Trinajstić information content (AvgIpc) is 2.90. The van der Waals surface area contributed by atoms with Gasteiger partial charge in [-0.2, -0.15) is 0 Å². The van der Waals surface area contributed by atoms with Crippen molar-refractivity contribution in [2.45, 2.75) is 59.8 Å². The highest BCUT2D eigenvalue weighted by molar-refractivity contribution is 5.94. The Kier molecular flexibility index (Phi) is 6.03. The van der Waals surface area contributed by atoms with Crippen LogP contribution in [0.1, 0.15) is 58.1 Å². The second kappa shape index (κ2) is 7.82. The topological polar surface area (TPSA) is 58.2 Å². The smallest absolute Gasteiger partial charge is 0.243 e. The molecule has 2 amide bonds. The first-order chi connectivity index (χ1) is 11.2. The molecular weight excluding hydrogens is 300 g/mol. The molecule has 0 aliphatic heterocycles. The van der Waals surface area contributed by atoms with E-state index in [1.165, 1.54) is 17.5 Å². The lowest BCUT2D eigenvalue weighted by atomic mass is 9.84. The van der Waals surface area contributed by atoms with Crippen LogP contribution in [0.5, 0.6) is 0 Å². The van der Waals surface area contributed by atoms with Crippen LogP contribution < -0.4 is 10.6 Å². The third-order valence-electron chi connectivity index (χ3n) is 4.32. The lowest BCUT2D eigenvalue weighted by molar-refractivity contribution is -0.124. The molecule has 1 aromatic carbocycles. The molecule has 0 spiro atoms. The van der Waals surface area contributed by atoms with Gasteiger partial charge in [0, 0.05) is 12.1 Å². The van der Waals surface area contributed by atoms with Crippen molar-refractivity contribution in [1.82, 2.24) is 5.32 Å². The van der Waals surface area contributed by atoms with Crippen LogP contribution in [0.3, 0.4) is 0 Å². The number of hydrogen-bond acceptors (Lipinski definition) is 2. The third-order valence-corrected chi connectivity index (χ3v) is 4.32. The summed E-state index contributed by atoms with van der Waals surface area (Å²) in [5, 5.41) is 5.59. The Balaban J connectivity index is 1.74. The van der Waals surface area contributed by atoms with Crippen molar-refractivity contribution >= 4 is 17.5 Å². The summed E-state index contributed by atoms with van der Waals surface area (Å²) in [7, 11) is 0. The molecule has 0 saturated carbocycles. The second-order valence-electron chi connectivity index (χ2n) is 8.24. The Morgan fingerprint density at radius 3 is 2.54 bits per heavy atom. The minimum Gasteiger partial charge on any atom is -0.347 e. The normalized spacial score (nSPS) is 14.8. The minimum atomic E-state index is -0.176. The number of rotatable bonds is 6. The fraction of sp³-hybridized carbons (Fsp3) is 0.600. The van der Waals surface area contributed by atoms with Gasteiger partial charge in [-0.25, -0.2) is 0 Å². The zero-order valence-corrected chi connectivity index (χ0v) is 15.4. The number of carbonyl (C=O) groups is 2. The Morgan fingerprint density at radius 2 is 1.83 bits per heavy atom. The Bertz CT molecular complexity index is 602. The summed E-state index contributed by atoms with van der Waals surface area (Å²) in [5.74, 6) is 0.0744. The molecule has 1 atom stereocenters. The summed E-state index contributed by atoms with van der Waals surface area (Å²) < 4.78 is 0. The van der Waals surface area contributed by atoms with Crippen molar-refractivity contribution in [2.75, 3.05) is 11.9 Å². The predicted molar refractivity (Wildman–Crippen MR) is 98.0 cm³/mol. The lowest BCUT2D eigenvalue weighted by Gasteiger charge is -2.22. The van der Waals surface area contributed by atoms with Gasteiger partial charge in [0.2, 0.25) is 11.8 Å². The van der Waals surface area contributed by atoms with Gasteiger partial charge in [-0.05, 0) is 60.3 Å². The van der Waals surface area contributed by atoms with Gasteiger partial charge in [0.15, 0.2) is 0 Å². The van der Waals surface area contributed by atoms with E-state index in [-0.39, 0.29) is 23.8 Å². The average molecular weight is 330 g/mol. The number of benzene rings is 1. The highest BCUT2D eigenvalue weighted by atomic mass is 16.2. The fourth-order valence-corrected chi connectivity index (χ4v) is 3.54. The van der Waals surface area contributed by atoms with Crippen LogP contribution in [0.2, 0.25) is 0 Å². The number of carbonyl (C=O) groups excluding carboxylic acids is 2. The number of aryl methyl sites for hydroxylation is 2. The summed E-state index contributed by atoms with van der Waals surface area (Å²) in [6, 6.07) is 6.08. The maximum atomic E-state index is 12.0. The van der Waals surface area contributed by atoms with Crippen LogP contribution in [-0.4, -0.2) is 18.4 Å². The van der Waals surface area contributed by atoms with E-state index in [1.807, 2.05) is 12.1 Å². The second-order valence-corrected chi connectivity index (χ2v) is 8.24. The molecule has 0 heterocycles. The van der Waals surface area contributed by atoms with Crippen LogP contribution in [0, 0.1) is 11.3 Å². The molecule has 0 bridgehead atoms. The number of fused-ring (bicyclic) bond motifs is 1. The summed E-state index contributed by atoms with van der Waals surface area (Å²) >= 11 is 0. The van der Waals surface area contributed by atoms with E-state index in [0.717, 1.165) is 24.9 Å². The number of amides is 2. The van der Waals surface area contributed by atoms with Crippen molar-refractivity contribution < 1.29 is 9.59 Å². The molecule has 1 aromatic rings. The number of anilines is 1. The van der Waals surface area contributed by atoms with Crippen LogP contribution in [0.25, 0.3) is 0 Å². The summed E-state index contributed by atoms with van der Waals surface area (Å²) in [4.78, 5) is 24.0. The third kappa shape index (κ3) is 5.99. The Labute approximate surface area is 145 Å². The van der Waals surface area contributed by atoms with Gasteiger partial charge in [-0.3, -0.25) is 9.59 Å². The van der Waals surface area contributed by atoms with Crippen molar-refractivity contribution in [3.63, 3.8) is 0 Å². The molecule has 24 heavy (non-hydrogen) atoms. The number of hydrogen-bond donors (Lipinski definition) is 2. The van der Waals surface area contributed by atoms with Crippen molar-refractivity contribution in [2.24, 2.45) is 11.3 Å². The van der Waals surface area contributed by atoms with Crippen LogP contribution >= 0.6 is 0 Å². The molecule has 2 rings (SSSR count). The van der Waals surface area contributed by atoms with Crippen LogP contribution in [0.4, 0.5) is 5.69 Å². The molecule has 4 nitrogen and oxygen atoms in total. The van der Waals surface area contributed by atoms with Crippen molar-refractivity contribution in [1.29, 1.82) is 0 Å². The Morgan fingerprint density at radius 1 is 1.12 bits per heavy atom. The quantitative estimate of drug-likeness (QED) is 0.835. The first-order valence-corrected chi connectivity index (χ1v) is 8.91. The van der Waals surface area contributed by atoms with Gasteiger partial charge in [-0.1, -0.05) is 33.8 Å². The molecule has 1 unspecified atom stereocenters. The minimum absolute atomic E-state index is 0.0259. The molecule has 0 saturated heterocycles. The molecule has 1 aliphatic rings. The van der Waals surface area contributed by atoms with Gasteiger partial charge in [0.1, 0.15) is 0 Å².